The molecule has 3 atom stereocenters. The molecule has 2 rings (SSSR count). The number of nitrogens with zero attached hydrogens (tertiary/aromatic N) is 1. The Kier molecular flexibility index (Phi) is 2.69. The second kappa shape index (κ2) is 3.72. The molecule has 0 spiro atoms. The number of hydrogen-bond donors (Lipinski definition) is 1. The Hall–Kier alpha value is -0.670. The summed E-state index contributed by atoms with van der Waals surface area (Å²) in [6, 6.07) is 9.76. The lowest BCUT2D eigenvalue weighted by Crippen LogP contribution is -2.24. The topological polar surface area (TPSA) is 55.6 Å². The van der Waals surface area contributed by atoms with Gasteiger partial charge < -0.3 is 0 Å². The van der Waals surface area contributed by atoms with Gasteiger partial charge in [0.15, 0.2) is 0 Å². The number of nitrogens with two attached hydrogens (primary N) is 1. The summed E-state index contributed by atoms with van der Waals surface area (Å²) in [4.78, 5) is 0. The van der Waals surface area contributed by atoms with Gasteiger partial charge in [-0.2, -0.15) is 0 Å². The Balaban J connectivity index is 2.31. The van der Waals surface area contributed by atoms with Crippen molar-refractivity contribution in [2.24, 2.45) is 5.50 Å². The van der Waals surface area contributed by atoms with Crippen molar-refractivity contribution in [2.75, 3.05) is 7.05 Å². The molecule has 0 aromatic heterocycles. The van der Waals surface area contributed by atoms with Gasteiger partial charge in [-0.15, -0.1) is 0 Å². The summed E-state index contributed by atoms with van der Waals surface area (Å²) >= 11 is 0. The molecule has 0 amide bonds. The van der Waals surface area contributed by atoms with E-state index in [1.54, 1.807) is 11.7 Å². The highest BCUT2D eigenvalue weighted by Crippen LogP contribution is 2.56. The van der Waals surface area contributed by atoms with Crippen LogP contribution in [-0.4, -0.2) is 17.8 Å². The Labute approximate surface area is 89.6 Å². The van der Waals surface area contributed by atoms with Gasteiger partial charge in [0.2, 0.25) is 0 Å². The van der Waals surface area contributed by atoms with Gasteiger partial charge in [-0.05, 0) is 19.5 Å². The van der Waals surface area contributed by atoms with E-state index in [0.29, 0.717) is 0 Å². The lowest BCUT2D eigenvalue weighted by atomic mass is 10.0. The van der Waals surface area contributed by atoms with E-state index < -0.39 is 7.67 Å². The highest BCUT2D eigenvalue weighted by Gasteiger charge is 2.43. The van der Waals surface area contributed by atoms with Crippen molar-refractivity contribution in [2.45, 2.75) is 19.1 Å². The molecule has 1 aromatic carbocycles. The Morgan fingerprint density at radius 3 is 2.47 bits per heavy atom. The van der Waals surface area contributed by atoms with Crippen molar-refractivity contribution in [3.8, 4) is 0 Å². The zero-order chi connectivity index (χ0) is 11.1. The molecular formula is C10H15N2O2P. The summed E-state index contributed by atoms with van der Waals surface area (Å²) in [5, 5.41) is 0. The van der Waals surface area contributed by atoms with E-state index in [9.17, 15) is 4.57 Å². The lowest BCUT2D eigenvalue weighted by molar-refractivity contribution is 0.210. The van der Waals surface area contributed by atoms with Gasteiger partial charge in [-0.3, -0.25) is 9.09 Å². The van der Waals surface area contributed by atoms with Crippen LogP contribution in [0.1, 0.15) is 18.6 Å². The molecule has 82 valence electrons. The Bertz CT molecular complexity index is 396. The lowest BCUT2D eigenvalue weighted by Gasteiger charge is -2.17. The van der Waals surface area contributed by atoms with E-state index in [-0.39, 0.29) is 12.1 Å². The van der Waals surface area contributed by atoms with Gasteiger partial charge in [0, 0.05) is 6.04 Å². The Morgan fingerprint density at radius 2 is 2.00 bits per heavy atom. The van der Waals surface area contributed by atoms with E-state index >= 15 is 0 Å². The van der Waals surface area contributed by atoms with Crippen molar-refractivity contribution in [3.05, 3.63) is 35.9 Å². The smallest absolute Gasteiger partial charge is 0.296 e. The summed E-state index contributed by atoms with van der Waals surface area (Å²) in [6.07, 6.45) is -0.202. The number of benzene rings is 1. The first-order chi connectivity index (χ1) is 7.02. The van der Waals surface area contributed by atoms with Crippen LogP contribution < -0.4 is 5.50 Å². The first-order valence-corrected chi connectivity index (χ1v) is 6.52. The average Bonchev–Trinajstić information content (AvgIpc) is 2.44. The summed E-state index contributed by atoms with van der Waals surface area (Å²) in [5.74, 6) is 0. The molecule has 2 N–H and O–H groups in total. The van der Waals surface area contributed by atoms with Crippen molar-refractivity contribution in [1.82, 2.24) is 4.67 Å². The SMILES string of the molecule is C[C@H]1[C@@H](c2ccccc2)OP(N)(=O)N1C. The van der Waals surface area contributed by atoms with Gasteiger partial charge in [0.05, 0.1) is 0 Å². The molecule has 15 heavy (non-hydrogen) atoms. The molecule has 1 heterocycles. The van der Waals surface area contributed by atoms with Crippen molar-refractivity contribution >= 4 is 7.67 Å². The van der Waals surface area contributed by atoms with Crippen LogP contribution in [0.25, 0.3) is 0 Å². The second-order valence-electron chi connectivity index (χ2n) is 3.82. The third-order valence-electron chi connectivity index (χ3n) is 2.86. The van der Waals surface area contributed by atoms with Crippen LogP contribution in [0.5, 0.6) is 0 Å². The first-order valence-electron chi connectivity index (χ1n) is 4.87. The van der Waals surface area contributed by atoms with E-state index in [1.807, 2.05) is 37.3 Å². The van der Waals surface area contributed by atoms with E-state index in [0.717, 1.165) is 5.56 Å². The van der Waals surface area contributed by atoms with Crippen LogP contribution in [0.3, 0.4) is 0 Å². The molecule has 1 aliphatic rings. The van der Waals surface area contributed by atoms with Gasteiger partial charge in [0.1, 0.15) is 6.10 Å². The highest BCUT2D eigenvalue weighted by atomic mass is 31.2. The fourth-order valence-corrected chi connectivity index (χ4v) is 3.16. The molecule has 1 fully saturated rings. The molecule has 1 aliphatic heterocycles. The van der Waals surface area contributed by atoms with Crippen molar-refractivity contribution in [1.29, 1.82) is 0 Å². The number of rotatable bonds is 1. The van der Waals surface area contributed by atoms with Crippen LogP contribution in [0, 0.1) is 0 Å². The molecule has 0 bridgehead atoms. The van der Waals surface area contributed by atoms with E-state index in [1.165, 1.54) is 0 Å². The first kappa shape index (κ1) is 10.8. The van der Waals surface area contributed by atoms with Crippen LogP contribution >= 0.6 is 7.67 Å². The maximum atomic E-state index is 11.8. The van der Waals surface area contributed by atoms with Crippen LogP contribution in [-0.2, 0) is 9.09 Å². The van der Waals surface area contributed by atoms with Gasteiger partial charge in [0.25, 0.3) is 0 Å². The van der Waals surface area contributed by atoms with E-state index in [4.69, 9.17) is 10.0 Å². The molecule has 4 nitrogen and oxygen atoms in total. The zero-order valence-corrected chi connectivity index (χ0v) is 9.72. The van der Waals surface area contributed by atoms with Gasteiger partial charge in [-0.25, -0.2) is 10.2 Å². The fourth-order valence-electron chi connectivity index (χ4n) is 1.76. The predicted molar refractivity (Wildman–Crippen MR) is 59.3 cm³/mol. The minimum atomic E-state index is -3.08. The monoisotopic (exact) mass is 226 g/mol. The normalized spacial score (nSPS) is 37.0. The Morgan fingerprint density at radius 1 is 1.40 bits per heavy atom. The third-order valence-corrected chi connectivity index (χ3v) is 4.63. The molecule has 1 aromatic rings. The molecule has 0 aliphatic carbocycles. The van der Waals surface area contributed by atoms with Crippen molar-refractivity contribution < 1.29 is 9.09 Å². The third kappa shape index (κ3) is 1.86. The number of likely N-dealkylation sites (N-methyl/N-ethyl adjacent to an activating group) is 1. The molecule has 0 radical (unpaired) electrons. The van der Waals surface area contributed by atoms with Crippen LogP contribution in [0.2, 0.25) is 0 Å². The van der Waals surface area contributed by atoms with Gasteiger partial charge in [-0.1, -0.05) is 30.3 Å². The zero-order valence-electron chi connectivity index (χ0n) is 8.83. The standard InChI is InChI=1S/C10H15N2O2P/c1-8-10(9-6-4-3-5-7-9)14-15(11,13)12(8)2/h3-8,10H,1-2H3,(H2,11,13)/t8-,10-,15?/m0/s1. The van der Waals surface area contributed by atoms with Gasteiger partial charge >= 0.3 is 7.67 Å². The maximum Gasteiger partial charge on any atom is 0.341 e. The summed E-state index contributed by atoms with van der Waals surface area (Å²) in [7, 11) is -1.35. The van der Waals surface area contributed by atoms with Crippen LogP contribution in [0.15, 0.2) is 30.3 Å². The average molecular weight is 226 g/mol. The molecule has 5 heteroatoms. The highest BCUT2D eigenvalue weighted by molar-refractivity contribution is 7.54. The summed E-state index contributed by atoms with van der Waals surface area (Å²) < 4.78 is 18.9. The van der Waals surface area contributed by atoms with Crippen molar-refractivity contribution in [3.63, 3.8) is 0 Å². The molecule has 1 unspecified atom stereocenters. The largest absolute Gasteiger partial charge is 0.341 e. The minimum absolute atomic E-state index is 0.0308. The van der Waals surface area contributed by atoms with Crippen LogP contribution in [0.4, 0.5) is 0 Å². The molecule has 1 saturated heterocycles. The maximum absolute atomic E-state index is 11.8. The summed E-state index contributed by atoms with van der Waals surface area (Å²) in [6.45, 7) is 1.96. The number of hydrogen-bond acceptors (Lipinski definition) is 2. The van der Waals surface area contributed by atoms with E-state index in [2.05, 4.69) is 0 Å². The molecule has 0 saturated carbocycles. The second-order valence-corrected chi connectivity index (χ2v) is 5.79. The molecular weight excluding hydrogens is 211 g/mol. The fraction of sp³-hybridized carbons (Fsp3) is 0.400. The quantitative estimate of drug-likeness (QED) is 0.745. The summed E-state index contributed by atoms with van der Waals surface area (Å²) in [5.41, 5.74) is 6.61. The predicted octanol–water partition coefficient (Wildman–Crippen LogP) is 2.15. The minimum Gasteiger partial charge on any atom is -0.296 e.